The van der Waals surface area contributed by atoms with Crippen molar-refractivity contribution in [2.24, 2.45) is 0 Å². The molecule has 20 heavy (non-hydrogen) atoms. The van der Waals surface area contributed by atoms with Crippen LogP contribution in [0.2, 0.25) is 10.0 Å². The van der Waals surface area contributed by atoms with Crippen LogP contribution >= 0.6 is 34.5 Å². The third-order valence-electron chi connectivity index (χ3n) is 2.71. The Balaban J connectivity index is 1.79. The number of halogens is 2. The summed E-state index contributed by atoms with van der Waals surface area (Å²) >= 11 is 13.1. The molecule has 0 bridgehead atoms. The number of rotatable bonds is 6. The zero-order valence-corrected chi connectivity index (χ0v) is 12.8. The molecule has 0 unspecified atom stereocenters. The summed E-state index contributed by atoms with van der Waals surface area (Å²) in [4.78, 5) is 11.1. The highest BCUT2D eigenvalue weighted by Gasteiger charge is 2.09. The molecular formula is C13H12Cl2N2O2S. The van der Waals surface area contributed by atoms with E-state index in [4.69, 9.17) is 23.2 Å². The number of nitro groups is 1. The van der Waals surface area contributed by atoms with Crippen molar-refractivity contribution in [1.82, 2.24) is 5.32 Å². The molecule has 1 N–H and O–H groups in total. The largest absolute Gasteiger partial charge is 0.324 e. The molecule has 0 spiro atoms. The highest BCUT2D eigenvalue weighted by molar-refractivity contribution is 7.15. The lowest BCUT2D eigenvalue weighted by atomic mass is 10.1. The van der Waals surface area contributed by atoms with Crippen molar-refractivity contribution >= 4 is 39.5 Å². The number of nitrogens with zero attached hydrogens (tertiary/aromatic N) is 1. The van der Waals surface area contributed by atoms with E-state index >= 15 is 0 Å². The van der Waals surface area contributed by atoms with E-state index in [9.17, 15) is 10.1 Å². The molecule has 0 saturated heterocycles. The van der Waals surface area contributed by atoms with Gasteiger partial charge in [-0.25, -0.2) is 0 Å². The highest BCUT2D eigenvalue weighted by Crippen LogP contribution is 2.24. The van der Waals surface area contributed by atoms with Crippen molar-refractivity contribution in [3.8, 4) is 0 Å². The van der Waals surface area contributed by atoms with E-state index in [-0.39, 0.29) is 9.92 Å². The van der Waals surface area contributed by atoms with E-state index in [0.717, 1.165) is 23.4 Å². The Morgan fingerprint density at radius 3 is 2.70 bits per heavy atom. The summed E-state index contributed by atoms with van der Waals surface area (Å²) in [5, 5.41) is 15.3. The summed E-state index contributed by atoms with van der Waals surface area (Å²) < 4.78 is 0. The molecule has 0 saturated carbocycles. The van der Waals surface area contributed by atoms with Crippen LogP contribution in [0.1, 0.15) is 10.4 Å². The summed E-state index contributed by atoms with van der Waals surface area (Å²) in [6, 6.07) is 8.73. The van der Waals surface area contributed by atoms with Gasteiger partial charge in [0.2, 0.25) is 0 Å². The van der Waals surface area contributed by atoms with Gasteiger partial charge >= 0.3 is 5.00 Å². The number of nitrogens with one attached hydrogen (secondary N) is 1. The normalized spacial score (nSPS) is 10.7. The zero-order valence-electron chi connectivity index (χ0n) is 10.4. The second-order valence-corrected chi connectivity index (χ2v) is 6.15. The molecule has 7 heteroatoms. The Morgan fingerprint density at radius 2 is 2.05 bits per heavy atom. The molecule has 0 aliphatic rings. The first-order valence-electron chi connectivity index (χ1n) is 5.94. The fraction of sp³-hybridized carbons (Fsp3) is 0.231. The standard InChI is InChI=1S/C13H12Cl2N2O2S/c14-10-2-1-9(12(15)7-10)5-6-16-8-11-3-4-13(20-11)17(18)19/h1-4,7,16H,5-6,8H2. The van der Waals surface area contributed by atoms with Crippen molar-refractivity contribution in [2.45, 2.75) is 13.0 Å². The Hall–Kier alpha value is -1.14. The van der Waals surface area contributed by atoms with Crippen LogP contribution in [0.4, 0.5) is 5.00 Å². The van der Waals surface area contributed by atoms with E-state index in [2.05, 4.69) is 5.32 Å². The van der Waals surface area contributed by atoms with Crippen LogP contribution in [0, 0.1) is 10.1 Å². The van der Waals surface area contributed by atoms with Gasteiger partial charge in [0.25, 0.3) is 0 Å². The molecule has 0 fully saturated rings. The maximum atomic E-state index is 10.6. The molecule has 0 atom stereocenters. The van der Waals surface area contributed by atoms with Crippen molar-refractivity contribution in [1.29, 1.82) is 0 Å². The second kappa shape index (κ2) is 7.04. The lowest BCUT2D eigenvalue weighted by Crippen LogP contribution is -2.16. The summed E-state index contributed by atoms with van der Waals surface area (Å²) in [7, 11) is 0. The molecule has 1 heterocycles. The second-order valence-electron chi connectivity index (χ2n) is 4.16. The molecule has 2 rings (SSSR count). The number of hydrogen-bond acceptors (Lipinski definition) is 4. The van der Waals surface area contributed by atoms with E-state index < -0.39 is 0 Å². The van der Waals surface area contributed by atoms with Gasteiger partial charge in [-0.2, -0.15) is 0 Å². The number of hydrogen-bond donors (Lipinski definition) is 1. The van der Waals surface area contributed by atoms with E-state index in [1.807, 2.05) is 12.1 Å². The zero-order chi connectivity index (χ0) is 14.5. The predicted molar refractivity (Wildman–Crippen MR) is 82.8 cm³/mol. The van der Waals surface area contributed by atoms with Gasteiger partial charge in [-0.3, -0.25) is 10.1 Å². The van der Waals surface area contributed by atoms with Crippen LogP contribution < -0.4 is 5.32 Å². The fourth-order valence-electron chi connectivity index (χ4n) is 1.72. The first-order valence-corrected chi connectivity index (χ1v) is 7.51. The minimum Gasteiger partial charge on any atom is -0.312 e. The van der Waals surface area contributed by atoms with E-state index in [1.165, 1.54) is 17.4 Å². The summed E-state index contributed by atoms with van der Waals surface area (Å²) in [6.07, 6.45) is 0.781. The summed E-state index contributed by atoms with van der Waals surface area (Å²) in [5.41, 5.74) is 1.03. The Kier molecular flexibility index (Phi) is 5.37. The maximum absolute atomic E-state index is 10.6. The highest BCUT2D eigenvalue weighted by atomic mass is 35.5. The SMILES string of the molecule is O=[N+]([O-])c1ccc(CNCCc2ccc(Cl)cc2Cl)s1. The van der Waals surface area contributed by atoms with Crippen molar-refractivity contribution in [2.75, 3.05) is 6.54 Å². The van der Waals surface area contributed by atoms with Crippen molar-refractivity contribution in [3.63, 3.8) is 0 Å². The van der Waals surface area contributed by atoms with Crippen molar-refractivity contribution < 1.29 is 4.92 Å². The van der Waals surface area contributed by atoms with Crippen LogP contribution in [0.25, 0.3) is 0 Å². The molecule has 1 aromatic heterocycles. The molecule has 1 aromatic carbocycles. The Morgan fingerprint density at radius 1 is 1.25 bits per heavy atom. The molecule has 0 aliphatic carbocycles. The van der Waals surface area contributed by atoms with Gasteiger partial charge in [0.15, 0.2) is 0 Å². The molecule has 0 radical (unpaired) electrons. The first-order chi connectivity index (χ1) is 9.56. The summed E-state index contributed by atoms with van der Waals surface area (Å²) in [5.74, 6) is 0. The minimum absolute atomic E-state index is 0.169. The quantitative estimate of drug-likeness (QED) is 0.488. The monoisotopic (exact) mass is 330 g/mol. The number of thiophene rings is 1. The van der Waals surface area contributed by atoms with Crippen LogP contribution in [0.15, 0.2) is 30.3 Å². The molecule has 4 nitrogen and oxygen atoms in total. The van der Waals surface area contributed by atoms with Gasteiger partial charge in [0.05, 0.1) is 4.92 Å². The average Bonchev–Trinajstić information content (AvgIpc) is 2.85. The lowest BCUT2D eigenvalue weighted by molar-refractivity contribution is -0.380. The first kappa shape index (κ1) is 15.3. The smallest absolute Gasteiger partial charge is 0.312 e. The van der Waals surface area contributed by atoms with Crippen LogP contribution in [-0.4, -0.2) is 11.5 Å². The van der Waals surface area contributed by atoms with E-state index in [1.54, 1.807) is 12.1 Å². The van der Waals surface area contributed by atoms with Gasteiger partial charge in [-0.1, -0.05) is 40.6 Å². The number of benzene rings is 1. The van der Waals surface area contributed by atoms with Crippen molar-refractivity contribution in [3.05, 3.63) is 60.9 Å². The molecule has 106 valence electrons. The van der Waals surface area contributed by atoms with Gasteiger partial charge < -0.3 is 5.32 Å². The average molecular weight is 331 g/mol. The van der Waals surface area contributed by atoms with Gasteiger partial charge in [0, 0.05) is 27.5 Å². The lowest BCUT2D eigenvalue weighted by Gasteiger charge is -2.05. The third kappa shape index (κ3) is 4.18. The maximum Gasteiger partial charge on any atom is 0.324 e. The molecule has 2 aromatic rings. The van der Waals surface area contributed by atoms with Crippen LogP contribution in [-0.2, 0) is 13.0 Å². The minimum atomic E-state index is -0.373. The Labute approximate surface area is 130 Å². The third-order valence-corrected chi connectivity index (χ3v) is 4.34. The van der Waals surface area contributed by atoms with E-state index in [0.29, 0.717) is 16.6 Å². The van der Waals surface area contributed by atoms with Crippen LogP contribution in [0.3, 0.4) is 0 Å². The van der Waals surface area contributed by atoms with Gasteiger partial charge in [-0.05, 0) is 36.7 Å². The molecule has 0 amide bonds. The van der Waals surface area contributed by atoms with Gasteiger partial charge in [-0.15, -0.1) is 0 Å². The Bertz CT molecular complexity index is 616. The topological polar surface area (TPSA) is 55.2 Å². The van der Waals surface area contributed by atoms with Gasteiger partial charge in [0.1, 0.15) is 0 Å². The fourth-order valence-corrected chi connectivity index (χ4v) is 3.01. The van der Waals surface area contributed by atoms with Crippen LogP contribution in [0.5, 0.6) is 0 Å². The molecular weight excluding hydrogens is 319 g/mol. The predicted octanol–water partition coefficient (Wildman–Crippen LogP) is 4.30. The molecule has 0 aliphatic heterocycles. The summed E-state index contributed by atoms with van der Waals surface area (Å²) in [6.45, 7) is 1.36.